The number of hydrogen-bond acceptors (Lipinski definition) is 9. The molecule has 4 aromatic rings. The highest BCUT2D eigenvalue weighted by atomic mass is 16.6. The molecule has 11 nitrogen and oxygen atoms in total. The minimum atomic E-state index is -0.574. The maximum Gasteiger partial charge on any atom is 0.293 e. The van der Waals surface area contributed by atoms with Crippen LogP contribution in [0.5, 0.6) is 5.75 Å². The number of nitrogen functional groups attached to an aromatic ring is 1. The van der Waals surface area contributed by atoms with Gasteiger partial charge in [-0.1, -0.05) is 53.7 Å². The van der Waals surface area contributed by atoms with Gasteiger partial charge in [0.2, 0.25) is 11.6 Å². The van der Waals surface area contributed by atoms with E-state index in [1.54, 1.807) is 12.1 Å². The van der Waals surface area contributed by atoms with Gasteiger partial charge in [-0.25, -0.2) is 10.1 Å². The van der Waals surface area contributed by atoms with Gasteiger partial charge in [0.1, 0.15) is 18.1 Å². The fourth-order valence-electron chi connectivity index (χ4n) is 2.54. The predicted molar refractivity (Wildman–Crippen MR) is 106 cm³/mol. The first-order chi connectivity index (χ1) is 14.7. The number of hydrazone groups is 1. The van der Waals surface area contributed by atoms with Crippen molar-refractivity contribution in [2.75, 3.05) is 5.73 Å². The third-order valence-electron chi connectivity index (χ3n) is 3.97. The molecule has 30 heavy (non-hydrogen) atoms. The molecule has 0 saturated carbocycles. The zero-order valence-electron chi connectivity index (χ0n) is 15.5. The highest BCUT2D eigenvalue weighted by Gasteiger charge is 2.24. The largest absolute Gasteiger partial charge is 0.487 e. The number of hydrogen-bond donors (Lipinski definition) is 2. The fraction of sp³-hybridized carbons (Fsp3) is 0.0526. The van der Waals surface area contributed by atoms with Gasteiger partial charge >= 0.3 is 0 Å². The molecule has 2 heterocycles. The Bertz CT molecular complexity index is 1160. The number of nitrogens with two attached hydrogens (primary N) is 1. The van der Waals surface area contributed by atoms with E-state index >= 15 is 0 Å². The maximum absolute atomic E-state index is 12.6. The first kappa shape index (κ1) is 18.8. The summed E-state index contributed by atoms with van der Waals surface area (Å²) < 4.78 is 11.6. The normalized spacial score (nSPS) is 10.9. The summed E-state index contributed by atoms with van der Waals surface area (Å²) in [4.78, 5) is 12.6. The van der Waals surface area contributed by atoms with Gasteiger partial charge in [0.25, 0.3) is 5.91 Å². The lowest BCUT2D eigenvalue weighted by Gasteiger charge is -2.08. The molecule has 2 aromatic carbocycles. The van der Waals surface area contributed by atoms with Crippen LogP contribution in [-0.2, 0) is 6.61 Å². The van der Waals surface area contributed by atoms with Crippen LogP contribution < -0.4 is 15.9 Å². The van der Waals surface area contributed by atoms with E-state index in [2.05, 4.69) is 35.8 Å². The maximum atomic E-state index is 12.6. The van der Waals surface area contributed by atoms with E-state index in [1.807, 2.05) is 48.5 Å². The molecule has 0 spiro atoms. The molecule has 150 valence electrons. The van der Waals surface area contributed by atoms with Crippen molar-refractivity contribution in [3.8, 4) is 11.6 Å². The Kier molecular flexibility index (Phi) is 5.42. The molecule has 0 bridgehead atoms. The number of carbonyl (C=O) groups is 1. The second-order valence-electron chi connectivity index (χ2n) is 5.98. The first-order valence-corrected chi connectivity index (χ1v) is 8.81. The Balaban J connectivity index is 1.58. The quantitative estimate of drug-likeness (QED) is 0.349. The molecule has 0 aliphatic rings. The lowest BCUT2D eigenvalue weighted by molar-refractivity contribution is 0.0947. The molecule has 0 saturated heterocycles. The summed E-state index contributed by atoms with van der Waals surface area (Å²) in [6, 6.07) is 18.4. The van der Waals surface area contributed by atoms with Crippen molar-refractivity contribution >= 4 is 17.9 Å². The number of nitrogens with zero attached hydrogens (tertiary/aromatic N) is 6. The minimum absolute atomic E-state index is 0.00135. The minimum Gasteiger partial charge on any atom is -0.487 e. The molecule has 11 heteroatoms. The number of benzene rings is 2. The lowest BCUT2D eigenvalue weighted by atomic mass is 10.2. The van der Waals surface area contributed by atoms with Crippen LogP contribution in [0.15, 0.2) is 70.4 Å². The van der Waals surface area contributed by atoms with E-state index in [9.17, 15) is 4.79 Å². The number of amides is 1. The summed E-state index contributed by atoms with van der Waals surface area (Å²) in [5.74, 6) is 0.121. The standard InChI is InChI=1S/C19H16N8O3/c20-17-18(25-30-24-17)27-15(12-29-14-9-5-2-6-10-14)16(22-26-27)19(28)23-21-11-13-7-3-1-4-8-13/h1-11H,12H2,(H2,20,24)(H,23,28)/b21-11+. The van der Waals surface area contributed by atoms with E-state index in [-0.39, 0.29) is 23.9 Å². The Hall–Kier alpha value is -4.54. The zero-order chi connectivity index (χ0) is 20.8. The molecule has 2 aromatic heterocycles. The Morgan fingerprint density at radius 1 is 1.13 bits per heavy atom. The van der Waals surface area contributed by atoms with E-state index in [0.717, 1.165) is 5.56 Å². The topological polar surface area (TPSA) is 146 Å². The summed E-state index contributed by atoms with van der Waals surface area (Å²) in [5.41, 5.74) is 9.31. The van der Waals surface area contributed by atoms with Crippen LogP contribution in [0.4, 0.5) is 5.82 Å². The molecule has 1 amide bonds. The van der Waals surface area contributed by atoms with Crippen LogP contribution in [0, 0.1) is 0 Å². The van der Waals surface area contributed by atoms with Crippen LogP contribution in [0.1, 0.15) is 21.7 Å². The van der Waals surface area contributed by atoms with Crippen LogP contribution in [0.3, 0.4) is 0 Å². The molecule has 0 unspecified atom stereocenters. The van der Waals surface area contributed by atoms with Gasteiger partial charge in [-0.15, -0.1) is 5.10 Å². The number of ether oxygens (including phenoxy) is 1. The van der Waals surface area contributed by atoms with Crippen LogP contribution >= 0.6 is 0 Å². The van der Waals surface area contributed by atoms with Gasteiger partial charge in [-0.2, -0.15) is 9.78 Å². The van der Waals surface area contributed by atoms with Crippen LogP contribution in [0.2, 0.25) is 0 Å². The van der Waals surface area contributed by atoms with Crippen molar-refractivity contribution in [1.82, 2.24) is 30.7 Å². The van der Waals surface area contributed by atoms with Crippen molar-refractivity contribution in [3.05, 3.63) is 77.6 Å². The van der Waals surface area contributed by atoms with Crippen molar-refractivity contribution in [2.24, 2.45) is 5.10 Å². The molecule has 4 rings (SSSR count). The summed E-state index contributed by atoms with van der Waals surface area (Å²) >= 11 is 0. The molecule has 3 N–H and O–H groups in total. The smallest absolute Gasteiger partial charge is 0.293 e. The third kappa shape index (κ3) is 4.14. The number of rotatable bonds is 7. The van der Waals surface area contributed by atoms with Crippen molar-refractivity contribution in [2.45, 2.75) is 6.61 Å². The molecule has 0 radical (unpaired) electrons. The van der Waals surface area contributed by atoms with Gasteiger partial charge in [0.15, 0.2) is 5.69 Å². The van der Waals surface area contributed by atoms with Gasteiger partial charge in [-0.3, -0.25) is 4.79 Å². The summed E-state index contributed by atoms with van der Waals surface area (Å²) in [5, 5.41) is 19.1. The number of carbonyl (C=O) groups excluding carboxylic acids is 1. The second kappa shape index (κ2) is 8.65. The van der Waals surface area contributed by atoms with Gasteiger partial charge in [-0.05, 0) is 28.0 Å². The molecular weight excluding hydrogens is 388 g/mol. The first-order valence-electron chi connectivity index (χ1n) is 8.81. The Labute approximate surface area is 170 Å². The lowest BCUT2D eigenvalue weighted by Crippen LogP contribution is -2.21. The average molecular weight is 404 g/mol. The number of para-hydroxylation sites is 1. The average Bonchev–Trinajstić information content (AvgIpc) is 3.39. The van der Waals surface area contributed by atoms with Crippen LogP contribution in [0.25, 0.3) is 5.82 Å². The zero-order valence-corrected chi connectivity index (χ0v) is 15.5. The predicted octanol–water partition coefficient (Wildman–Crippen LogP) is 1.58. The fourth-order valence-corrected chi connectivity index (χ4v) is 2.54. The Morgan fingerprint density at radius 2 is 1.87 bits per heavy atom. The van der Waals surface area contributed by atoms with Crippen molar-refractivity contribution in [1.29, 1.82) is 0 Å². The summed E-state index contributed by atoms with van der Waals surface area (Å²) in [7, 11) is 0. The monoisotopic (exact) mass is 404 g/mol. The molecular formula is C19H16N8O3. The van der Waals surface area contributed by atoms with Crippen molar-refractivity contribution < 1.29 is 14.2 Å². The highest BCUT2D eigenvalue weighted by molar-refractivity contribution is 5.94. The van der Waals surface area contributed by atoms with Gasteiger partial charge in [0.05, 0.1) is 6.21 Å². The SMILES string of the molecule is Nc1nonc1-n1nnc(C(=O)N/N=C/c2ccccc2)c1COc1ccccc1. The van der Waals surface area contributed by atoms with E-state index in [4.69, 9.17) is 10.5 Å². The molecule has 0 aliphatic heterocycles. The number of nitrogens with one attached hydrogen (secondary N) is 1. The highest BCUT2D eigenvalue weighted by Crippen LogP contribution is 2.18. The Morgan fingerprint density at radius 3 is 2.57 bits per heavy atom. The molecule has 0 fully saturated rings. The van der Waals surface area contributed by atoms with E-state index in [0.29, 0.717) is 11.4 Å². The van der Waals surface area contributed by atoms with E-state index in [1.165, 1.54) is 10.9 Å². The third-order valence-corrected chi connectivity index (χ3v) is 3.97. The summed E-state index contributed by atoms with van der Waals surface area (Å²) in [6.07, 6.45) is 1.52. The van der Waals surface area contributed by atoms with Gasteiger partial charge in [0, 0.05) is 0 Å². The van der Waals surface area contributed by atoms with Crippen LogP contribution in [-0.4, -0.2) is 37.4 Å². The second-order valence-corrected chi connectivity index (χ2v) is 5.98. The number of anilines is 1. The summed E-state index contributed by atoms with van der Waals surface area (Å²) in [6.45, 7) is -0.0333. The molecule has 0 aliphatic carbocycles. The van der Waals surface area contributed by atoms with E-state index < -0.39 is 5.91 Å². The number of aromatic nitrogens is 5. The molecule has 0 atom stereocenters. The van der Waals surface area contributed by atoms with Gasteiger partial charge < -0.3 is 10.5 Å². The van der Waals surface area contributed by atoms with Crippen molar-refractivity contribution in [3.63, 3.8) is 0 Å².